The standard InChI is InChI=1S/C10H17N3O2/c1-9(2,3)7-12-8(15-13-7)10(14)4-5-11-6-10/h11,14H,4-6H2,1-3H3. The molecule has 1 aliphatic heterocycles. The van der Waals surface area contributed by atoms with Crippen LogP contribution >= 0.6 is 0 Å². The van der Waals surface area contributed by atoms with Crippen LogP contribution in [0.15, 0.2) is 4.52 Å². The third-order valence-electron chi connectivity index (χ3n) is 2.63. The van der Waals surface area contributed by atoms with Gasteiger partial charge in [0.25, 0.3) is 5.89 Å². The summed E-state index contributed by atoms with van der Waals surface area (Å²) in [4.78, 5) is 4.27. The average molecular weight is 211 g/mol. The Morgan fingerprint density at radius 1 is 1.47 bits per heavy atom. The Labute approximate surface area is 88.9 Å². The lowest BCUT2D eigenvalue weighted by atomic mass is 9.96. The maximum atomic E-state index is 10.2. The normalized spacial score (nSPS) is 27.2. The number of aliphatic hydroxyl groups is 1. The molecule has 15 heavy (non-hydrogen) atoms. The van der Waals surface area contributed by atoms with E-state index >= 15 is 0 Å². The van der Waals surface area contributed by atoms with Gasteiger partial charge in [-0.3, -0.25) is 0 Å². The summed E-state index contributed by atoms with van der Waals surface area (Å²) in [5.41, 5.74) is -1.12. The van der Waals surface area contributed by atoms with Crippen molar-refractivity contribution < 1.29 is 9.63 Å². The van der Waals surface area contributed by atoms with Crippen molar-refractivity contribution >= 4 is 0 Å². The number of nitrogens with one attached hydrogen (secondary N) is 1. The lowest BCUT2D eigenvalue weighted by Gasteiger charge is -2.15. The SMILES string of the molecule is CC(C)(C)c1noc(C2(O)CCNC2)n1. The fourth-order valence-electron chi connectivity index (χ4n) is 1.58. The molecule has 0 amide bonds. The molecule has 0 spiro atoms. The molecule has 1 saturated heterocycles. The van der Waals surface area contributed by atoms with Crippen LogP contribution in [0.2, 0.25) is 0 Å². The number of rotatable bonds is 1. The van der Waals surface area contributed by atoms with Gasteiger partial charge in [-0.2, -0.15) is 4.98 Å². The second-order valence-corrected chi connectivity index (χ2v) is 5.13. The van der Waals surface area contributed by atoms with Crippen LogP contribution in [0.3, 0.4) is 0 Å². The van der Waals surface area contributed by atoms with Gasteiger partial charge < -0.3 is 14.9 Å². The second kappa shape index (κ2) is 3.28. The molecule has 84 valence electrons. The highest BCUT2D eigenvalue weighted by molar-refractivity contribution is 5.07. The van der Waals surface area contributed by atoms with Gasteiger partial charge in [0.1, 0.15) is 0 Å². The molecule has 2 heterocycles. The smallest absolute Gasteiger partial charge is 0.260 e. The third-order valence-corrected chi connectivity index (χ3v) is 2.63. The number of aromatic nitrogens is 2. The summed E-state index contributed by atoms with van der Waals surface area (Å²) in [7, 11) is 0. The lowest BCUT2D eigenvalue weighted by Crippen LogP contribution is -2.29. The van der Waals surface area contributed by atoms with Gasteiger partial charge in [0, 0.05) is 12.0 Å². The van der Waals surface area contributed by atoms with E-state index in [2.05, 4.69) is 15.5 Å². The molecule has 1 aliphatic rings. The Balaban J connectivity index is 2.27. The monoisotopic (exact) mass is 211 g/mol. The van der Waals surface area contributed by atoms with E-state index in [1.165, 1.54) is 0 Å². The summed E-state index contributed by atoms with van der Waals surface area (Å²) < 4.78 is 5.13. The Morgan fingerprint density at radius 3 is 2.67 bits per heavy atom. The fraction of sp³-hybridized carbons (Fsp3) is 0.800. The van der Waals surface area contributed by atoms with Gasteiger partial charge in [-0.1, -0.05) is 25.9 Å². The van der Waals surface area contributed by atoms with Crippen molar-refractivity contribution in [1.82, 2.24) is 15.5 Å². The van der Waals surface area contributed by atoms with Crippen LogP contribution in [0.25, 0.3) is 0 Å². The third kappa shape index (κ3) is 1.89. The molecular formula is C10H17N3O2. The van der Waals surface area contributed by atoms with Crippen molar-refractivity contribution in [3.63, 3.8) is 0 Å². The molecule has 1 atom stereocenters. The van der Waals surface area contributed by atoms with E-state index in [0.29, 0.717) is 24.7 Å². The first-order valence-electron chi connectivity index (χ1n) is 5.20. The molecule has 1 aromatic rings. The lowest BCUT2D eigenvalue weighted by molar-refractivity contribution is 0.0243. The Bertz CT molecular complexity index is 348. The van der Waals surface area contributed by atoms with E-state index < -0.39 is 5.60 Å². The van der Waals surface area contributed by atoms with Gasteiger partial charge >= 0.3 is 0 Å². The minimum absolute atomic E-state index is 0.149. The van der Waals surface area contributed by atoms with E-state index in [-0.39, 0.29) is 5.41 Å². The molecule has 0 aromatic carbocycles. The predicted octanol–water partition coefficient (Wildman–Crippen LogP) is 0.548. The van der Waals surface area contributed by atoms with E-state index in [1.807, 2.05) is 20.8 Å². The molecule has 0 saturated carbocycles. The molecule has 5 heteroatoms. The maximum Gasteiger partial charge on any atom is 0.260 e. The highest BCUT2D eigenvalue weighted by Gasteiger charge is 2.39. The van der Waals surface area contributed by atoms with Gasteiger partial charge in [0.15, 0.2) is 11.4 Å². The first-order chi connectivity index (χ1) is 6.92. The molecule has 2 N–H and O–H groups in total. The van der Waals surface area contributed by atoms with Crippen molar-refractivity contribution in [3.05, 3.63) is 11.7 Å². The Morgan fingerprint density at radius 2 is 2.20 bits per heavy atom. The molecule has 1 aromatic heterocycles. The highest BCUT2D eigenvalue weighted by Crippen LogP contribution is 2.28. The van der Waals surface area contributed by atoms with E-state index in [1.54, 1.807) is 0 Å². The van der Waals surface area contributed by atoms with Gasteiger partial charge in [0.05, 0.1) is 0 Å². The van der Waals surface area contributed by atoms with Gasteiger partial charge in [0.2, 0.25) is 0 Å². The predicted molar refractivity (Wildman–Crippen MR) is 54.4 cm³/mol. The summed E-state index contributed by atoms with van der Waals surface area (Å²) in [6, 6.07) is 0. The second-order valence-electron chi connectivity index (χ2n) is 5.13. The largest absolute Gasteiger partial charge is 0.379 e. The van der Waals surface area contributed by atoms with Gasteiger partial charge in [-0.15, -0.1) is 0 Å². The molecule has 2 rings (SSSR count). The Kier molecular flexibility index (Phi) is 2.31. The molecule has 1 fully saturated rings. The maximum absolute atomic E-state index is 10.2. The van der Waals surface area contributed by atoms with E-state index in [9.17, 15) is 5.11 Å². The summed E-state index contributed by atoms with van der Waals surface area (Å²) in [6.45, 7) is 7.30. The zero-order valence-corrected chi connectivity index (χ0v) is 9.37. The van der Waals surface area contributed by atoms with Gasteiger partial charge in [-0.05, 0) is 13.0 Å². The number of β-amino-alcohol motifs (C(OH)–C–C–N with tert-alkyl or cyclic N) is 1. The fourth-order valence-corrected chi connectivity index (χ4v) is 1.58. The van der Waals surface area contributed by atoms with Crippen LogP contribution in [0.4, 0.5) is 0 Å². The molecule has 5 nitrogen and oxygen atoms in total. The quantitative estimate of drug-likeness (QED) is 0.709. The van der Waals surface area contributed by atoms with E-state index in [4.69, 9.17) is 4.52 Å². The minimum Gasteiger partial charge on any atom is -0.379 e. The number of hydrogen-bond acceptors (Lipinski definition) is 5. The zero-order chi connectivity index (χ0) is 11.1. The minimum atomic E-state index is -0.976. The molecule has 1 unspecified atom stereocenters. The van der Waals surface area contributed by atoms with Crippen LogP contribution in [-0.4, -0.2) is 28.3 Å². The molecular weight excluding hydrogens is 194 g/mol. The van der Waals surface area contributed by atoms with Crippen molar-refractivity contribution in [2.24, 2.45) is 0 Å². The first kappa shape index (κ1) is 10.6. The first-order valence-corrected chi connectivity index (χ1v) is 5.20. The van der Waals surface area contributed by atoms with Gasteiger partial charge in [-0.25, -0.2) is 0 Å². The van der Waals surface area contributed by atoms with Crippen LogP contribution in [0.1, 0.15) is 38.9 Å². The van der Waals surface area contributed by atoms with Crippen molar-refractivity contribution in [2.45, 2.75) is 38.2 Å². The highest BCUT2D eigenvalue weighted by atomic mass is 16.5. The Hall–Kier alpha value is -0.940. The van der Waals surface area contributed by atoms with Crippen LogP contribution < -0.4 is 5.32 Å². The number of nitrogens with zero attached hydrogens (tertiary/aromatic N) is 2. The van der Waals surface area contributed by atoms with Crippen LogP contribution in [-0.2, 0) is 11.0 Å². The summed E-state index contributed by atoms with van der Waals surface area (Å²) >= 11 is 0. The summed E-state index contributed by atoms with van der Waals surface area (Å²) in [5, 5.41) is 17.2. The van der Waals surface area contributed by atoms with Crippen LogP contribution in [0.5, 0.6) is 0 Å². The molecule has 0 aliphatic carbocycles. The summed E-state index contributed by atoms with van der Waals surface area (Å²) in [6.07, 6.45) is 0.624. The van der Waals surface area contributed by atoms with E-state index in [0.717, 1.165) is 6.54 Å². The summed E-state index contributed by atoms with van der Waals surface area (Å²) in [5.74, 6) is 0.968. The van der Waals surface area contributed by atoms with Crippen molar-refractivity contribution in [1.29, 1.82) is 0 Å². The van der Waals surface area contributed by atoms with Crippen LogP contribution in [0, 0.1) is 0 Å². The topological polar surface area (TPSA) is 71.2 Å². The van der Waals surface area contributed by atoms with Crippen molar-refractivity contribution in [2.75, 3.05) is 13.1 Å². The molecule has 0 bridgehead atoms. The number of hydrogen-bond donors (Lipinski definition) is 2. The van der Waals surface area contributed by atoms with Crippen molar-refractivity contribution in [3.8, 4) is 0 Å². The zero-order valence-electron chi connectivity index (χ0n) is 9.37. The molecule has 0 radical (unpaired) electrons. The average Bonchev–Trinajstić information content (AvgIpc) is 2.69.